The fourth-order valence-corrected chi connectivity index (χ4v) is 3.42. The van der Waals surface area contributed by atoms with Gasteiger partial charge in [0.15, 0.2) is 0 Å². The van der Waals surface area contributed by atoms with E-state index in [-0.39, 0.29) is 0 Å². The molecular weight excluding hydrogens is 300 g/mol. The van der Waals surface area contributed by atoms with Gasteiger partial charge >= 0.3 is 0 Å². The fraction of sp³-hybridized carbons (Fsp3) is 0.520. The molecule has 0 bridgehead atoms. The highest BCUT2D eigenvalue weighted by molar-refractivity contribution is 5.39. The minimum Gasteiger partial charge on any atom is -0.0951 e. The summed E-state index contributed by atoms with van der Waals surface area (Å²) < 4.78 is 0. The minimum absolute atomic E-state index is 0.598. The highest BCUT2D eigenvalue weighted by Crippen LogP contribution is 2.29. The molecule has 1 aliphatic rings. The maximum Gasteiger partial charge on any atom is 0.0249 e. The van der Waals surface area contributed by atoms with Gasteiger partial charge < -0.3 is 0 Å². The van der Waals surface area contributed by atoms with Gasteiger partial charge in [-0.3, -0.25) is 0 Å². The van der Waals surface area contributed by atoms with Crippen LogP contribution in [-0.4, -0.2) is 0 Å². The van der Waals surface area contributed by atoms with Crippen LogP contribution in [0.2, 0.25) is 0 Å². The molecule has 0 heteroatoms. The van der Waals surface area contributed by atoms with Gasteiger partial charge in [0, 0.05) is 11.5 Å². The molecule has 2 rings (SSSR count). The topological polar surface area (TPSA) is 0 Å². The lowest BCUT2D eigenvalue weighted by Crippen LogP contribution is -2.12. The molecule has 0 spiro atoms. The zero-order chi connectivity index (χ0) is 17.7. The van der Waals surface area contributed by atoms with Gasteiger partial charge in [0.1, 0.15) is 0 Å². The van der Waals surface area contributed by atoms with Crippen LogP contribution in [0.25, 0.3) is 0 Å². The molecule has 1 saturated carbocycles. The van der Waals surface area contributed by atoms with Gasteiger partial charge in [0.25, 0.3) is 0 Å². The van der Waals surface area contributed by atoms with Crippen LogP contribution in [0.5, 0.6) is 0 Å². The van der Waals surface area contributed by atoms with Crippen molar-refractivity contribution in [2.75, 3.05) is 0 Å². The normalized spacial score (nSPS) is 19.8. The number of hydrogen-bond acceptors (Lipinski definition) is 0. The highest BCUT2D eigenvalue weighted by Gasteiger charge is 2.17. The van der Waals surface area contributed by atoms with Crippen molar-refractivity contribution in [1.29, 1.82) is 0 Å². The summed E-state index contributed by atoms with van der Waals surface area (Å²) >= 11 is 0. The first-order chi connectivity index (χ1) is 12.3. The van der Waals surface area contributed by atoms with Crippen LogP contribution in [0.4, 0.5) is 0 Å². The minimum atomic E-state index is 0.598. The Kier molecular flexibility index (Phi) is 9.01. The Labute approximate surface area is 155 Å². The number of unbranched alkanes of at least 4 members (excludes halogenated alkanes) is 2. The van der Waals surface area contributed by atoms with E-state index in [1.54, 1.807) is 0 Å². The third-order valence-electron chi connectivity index (χ3n) is 5.20. The van der Waals surface area contributed by atoms with Crippen LogP contribution in [0, 0.1) is 35.5 Å². The third-order valence-corrected chi connectivity index (χ3v) is 5.20. The Balaban J connectivity index is 1.75. The van der Waals surface area contributed by atoms with Crippen LogP contribution >= 0.6 is 0 Å². The molecule has 0 amide bonds. The zero-order valence-electron chi connectivity index (χ0n) is 16.0. The lowest BCUT2D eigenvalue weighted by atomic mass is 9.81. The molecule has 1 aliphatic carbocycles. The van der Waals surface area contributed by atoms with Crippen molar-refractivity contribution in [3.8, 4) is 23.7 Å². The third kappa shape index (κ3) is 7.67. The number of benzene rings is 1. The molecule has 25 heavy (non-hydrogen) atoms. The van der Waals surface area contributed by atoms with E-state index in [0.717, 1.165) is 11.5 Å². The summed E-state index contributed by atoms with van der Waals surface area (Å²) in [4.78, 5) is 0. The number of rotatable bonds is 5. The second-order valence-corrected chi connectivity index (χ2v) is 7.17. The van der Waals surface area contributed by atoms with Crippen molar-refractivity contribution >= 4 is 0 Å². The maximum atomic E-state index is 3.39. The summed E-state index contributed by atoms with van der Waals surface area (Å²) in [5.41, 5.74) is 2.49. The second-order valence-electron chi connectivity index (χ2n) is 7.17. The summed E-state index contributed by atoms with van der Waals surface area (Å²) in [6.07, 6.45) is 15.4. The first kappa shape index (κ1) is 19.4. The van der Waals surface area contributed by atoms with Gasteiger partial charge in [0.05, 0.1) is 0 Å². The van der Waals surface area contributed by atoms with Crippen LogP contribution < -0.4 is 0 Å². The second kappa shape index (κ2) is 11.6. The van der Waals surface area contributed by atoms with Crippen LogP contribution in [0.3, 0.4) is 0 Å². The van der Waals surface area contributed by atoms with E-state index in [2.05, 4.69) is 61.8 Å². The van der Waals surface area contributed by atoms with E-state index in [1.165, 1.54) is 63.4 Å². The Morgan fingerprint density at radius 1 is 0.920 bits per heavy atom. The molecule has 0 heterocycles. The fourth-order valence-electron chi connectivity index (χ4n) is 3.42. The predicted octanol–water partition coefficient (Wildman–Crippen LogP) is 6.55. The molecule has 0 saturated heterocycles. The first-order valence-electron chi connectivity index (χ1n) is 10.1. The van der Waals surface area contributed by atoms with Crippen molar-refractivity contribution < 1.29 is 0 Å². The standard InChI is InChI=1S/C25H32/c1-3-5-8-11-23-18-20-25(21-19-23)13-10-7-6-9-12-24-16-14-22(4-2)15-17-24/h6-7,18-22,24H,3-5,8,11,14-17H2,1-2H3/b7-6+/t22-,24-. The molecule has 0 aliphatic heterocycles. The zero-order valence-corrected chi connectivity index (χ0v) is 16.0. The SMILES string of the molecule is CCCCCc1ccc(C#C/C=C/C#C[C@H]2CC[C@H](CC)CC2)cc1. The van der Waals surface area contributed by atoms with Crippen LogP contribution in [0.1, 0.15) is 76.3 Å². The van der Waals surface area contributed by atoms with Crippen LogP contribution in [-0.2, 0) is 6.42 Å². The van der Waals surface area contributed by atoms with Gasteiger partial charge in [-0.15, -0.1) is 0 Å². The molecule has 0 atom stereocenters. The molecule has 1 aromatic carbocycles. The molecule has 1 aromatic rings. The van der Waals surface area contributed by atoms with E-state index in [4.69, 9.17) is 0 Å². The highest BCUT2D eigenvalue weighted by atomic mass is 14.2. The molecule has 0 unspecified atom stereocenters. The average molecular weight is 333 g/mol. The quantitative estimate of drug-likeness (QED) is 0.424. The Morgan fingerprint density at radius 2 is 1.64 bits per heavy atom. The van der Waals surface area contributed by atoms with E-state index < -0.39 is 0 Å². The van der Waals surface area contributed by atoms with E-state index in [0.29, 0.717) is 5.92 Å². The Morgan fingerprint density at radius 3 is 2.32 bits per heavy atom. The van der Waals surface area contributed by atoms with E-state index in [1.807, 2.05) is 12.2 Å². The summed E-state index contributed by atoms with van der Waals surface area (Å²) in [7, 11) is 0. The monoisotopic (exact) mass is 332 g/mol. The maximum absolute atomic E-state index is 3.39. The lowest BCUT2D eigenvalue weighted by molar-refractivity contribution is 0.309. The smallest absolute Gasteiger partial charge is 0.0249 e. The predicted molar refractivity (Wildman–Crippen MR) is 109 cm³/mol. The molecule has 1 fully saturated rings. The Bertz CT molecular complexity index is 631. The van der Waals surface area contributed by atoms with Gasteiger partial charge in [-0.2, -0.15) is 0 Å². The number of hydrogen-bond donors (Lipinski definition) is 0. The van der Waals surface area contributed by atoms with Crippen molar-refractivity contribution in [3.63, 3.8) is 0 Å². The summed E-state index contributed by atoms with van der Waals surface area (Å²) in [5.74, 6) is 14.4. The molecule has 132 valence electrons. The largest absolute Gasteiger partial charge is 0.0951 e. The van der Waals surface area contributed by atoms with Crippen molar-refractivity contribution in [2.45, 2.75) is 71.6 Å². The molecular formula is C25H32. The molecule has 0 N–H and O–H groups in total. The molecule has 0 radical (unpaired) electrons. The van der Waals surface area contributed by atoms with Crippen molar-refractivity contribution in [3.05, 3.63) is 47.5 Å². The molecule has 0 aromatic heterocycles. The van der Waals surface area contributed by atoms with Crippen molar-refractivity contribution in [2.24, 2.45) is 11.8 Å². The van der Waals surface area contributed by atoms with Gasteiger partial charge in [-0.05, 0) is 74.3 Å². The van der Waals surface area contributed by atoms with Gasteiger partial charge in [0.2, 0.25) is 0 Å². The van der Waals surface area contributed by atoms with Crippen LogP contribution in [0.15, 0.2) is 36.4 Å². The molecule has 0 nitrogen and oxygen atoms in total. The van der Waals surface area contributed by atoms with E-state index in [9.17, 15) is 0 Å². The Hall–Kier alpha value is -1.92. The lowest BCUT2D eigenvalue weighted by Gasteiger charge is -2.24. The first-order valence-corrected chi connectivity index (χ1v) is 10.1. The average Bonchev–Trinajstić information content (AvgIpc) is 2.66. The summed E-state index contributed by atoms with van der Waals surface area (Å²) in [5, 5.41) is 0. The number of allylic oxidation sites excluding steroid dienone is 2. The van der Waals surface area contributed by atoms with E-state index >= 15 is 0 Å². The van der Waals surface area contributed by atoms with Crippen molar-refractivity contribution in [1.82, 2.24) is 0 Å². The van der Waals surface area contributed by atoms with Gasteiger partial charge in [-0.25, -0.2) is 0 Å². The summed E-state index contributed by atoms with van der Waals surface area (Å²) in [6.45, 7) is 4.55. The van der Waals surface area contributed by atoms with Gasteiger partial charge in [-0.1, -0.05) is 68.9 Å². The number of aryl methyl sites for hydroxylation is 1. The summed E-state index contributed by atoms with van der Waals surface area (Å²) in [6, 6.07) is 8.66.